The van der Waals surface area contributed by atoms with Crippen LogP contribution in [0.15, 0.2) is 16.6 Å². The van der Waals surface area contributed by atoms with Gasteiger partial charge in [-0.1, -0.05) is 22.4 Å². The highest BCUT2D eigenvalue weighted by molar-refractivity contribution is 9.10. The molecule has 1 aliphatic carbocycles. The fraction of sp³-hybridized carbons (Fsp3) is 0.462. The first-order valence-electron chi connectivity index (χ1n) is 6.06. The average Bonchev–Trinajstić information content (AvgIpc) is 2.70. The summed E-state index contributed by atoms with van der Waals surface area (Å²) in [4.78, 5) is 11.8. The van der Waals surface area contributed by atoms with Crippen molar-refractivity contribution in [3.05, 3.63) is 33.8 Å². The zero-order valence-corrected chi connectivity index (χ0v) is 12.4. The summed E-state index contributed by atoms with van der Waals surface area (Å²) in [5.41, 5.74) is -0.549. The van der Waals surface area contributed by atoms with Crippen molar-refractivity contribution in [2.24, 2.45) is 5.92 Å². The number of rotatable bonds is 3. The van der Waals surface area contributed by atoms with Gasteiger partial charge in [-0.05, 0) is 30.9 Å². The highest BCUT2D eigenvalue weighted by Crippen LogP contribution is 2.29. The average molecular weight is 353 g/mol. The van der Waals surface area contributed by atoms with E-state index >= 15 is 0 Å². The van der Waals surface area contributed by atoms with Crippen LogP contribution < -0.4 is 5.32 Å². The third-order valence-corrected chi connectivity index (χ3v) is 4.36. The van der Waals surface area contributed by atoms with E-state index in [9.17, 15) is 13.6 Å². The number of hydrogen-bond donors (Lipinski definition) is 1. The van der Waals surface area contributed by atoms with E-state index in [1.54, 1.807) is 0 Å². The predicted octanol–water partition coefficient (Wildman–Crippen LogP) is 3.86. The van der Waals surface area contributed by atoms with Gasteiger partial charge in [0.2, 0.25) is 0 Å². The van der Waals surface area contributed by atoms with Crippen molar-refractivity contribution < 1.29 is 13.6 Å². The molecule has 0 heterocycles. The molecule has 0 bridgehead atoms. The molecule has 0 saturated heterocycles. The van der Waals surface area contributed by atoms with Gasteiger partial charge in [0.25, 0.3) is 5.91 Å². The molecule has 1 aromatic rings. The maximum absolute atomic E-state index is 13.6. The largest absolute Gasteiger partial charge is 0.352 e. The molecule has 1 aliphatic rings. The van der Waals surface area contributed by atoms with Crippen molar-refractivity contribution in [2.45, 2.75) is 24.6 Å². The summed E-state index contributed by atoms with van der Waals surface area (Å²) in [5.74, 6) is -2.32. The van der Waals surface area contributed by atoms with Crippen LogP contribution in [0.3, 0.4) is 0 Å². The van der Waals surface area contributed by atoms with Gasteiger partial charge in [-0.25, -0.2) is 8.78 Å². The minimum absolute atomic E-state index is 0.0277. The van der Waals surface area contributed by atoms with Crippen LogP contribution in [0.2, 0.25) is 0 Å². The summed E-state index contributed by atoms with van der Waals surface area (Å²) < 4.78 is 27.4. The van der Waals surface area contributed by atoms with Crippen molar-refractivity contribution in [1.82, 2.24) is 5.32 Å². The van der Waals surface area contributed by atoms with E-state index in [1.165, 1.54) is 0 Å². The first-order valence-corrected chi connectivity index (χ1v) is 7.29. The fourth-order valence-electron chi connectivity index (χ4n) is 2.29. The van der Waals surface area contributed by atoms with Crippen LogP contribution in [0.5, 0.6) is 0 Å². The molecule has 1 fully saturated rings. The van der Waals surface area contributed by atoms with Crippen LogP contribution in [0, 0.1) is 17.6 Å². The molecule has 1 amide bonds. The minimum atomic E-state index is -0.877. The highest BCUT2D eigenvalue weighted by Gasteiger charge is 2.26. The van der Waals surface area contributed by atoms with E-state index in [2.05, 4.69) is 21.2 Å². The molecule has 2 unspecified atom stereocenters. The molecule has 1 saturated carbocycles. The summed E-state index contributed by atoms with van der Waals surface area (Å²) in [6.07, 6.45) is 2.87. The SMILES string of the molecule is O=C(NCC1CCCC1Cl)c1c(F)cc(Br)cc1F. The maximum Gasteiger partial charge on any atom is 0.257 e. The third kappa shape index (κ3) is 3.45. The van der Waals surface area contributed by atoms with Crippen LogP contribution >= 0.6 is 27.5 Å². The Kier molecular flexibility index (Phi) is 4.79. The normalized spacial score (nSPS) is 22.5. The summed E-state index contributed by atoms with van der Waals surface area (Å²) in [6.45, 7) is 0.349. The second-order valence-corrected chi connectivity index (χ2v) is 6.14. The molecule has 0 aliphatic heterocycles. The first kappa shape index (κ1) is 14.7. The summed E-state index contributed by atoms with van der Waals surface area (Å²) in [5, 5.41) is 2.58. The minimum Gasteiger partial charge on any atom is -0.352 e. The van der Waals surface area contributed by atoms with Gasteiger partial charge in [-0.2, -0.15) is 0 Å². The Hall–Kier alpha value is -0.680. The lowest BCUT2D eigenvalue weighted by atomic mass is 10.1. The van der Waals surface area contributed by atoms with E-state index < -0.39 is 23.1 Å². The lowest BCUT2D eigenvalue weighted by Gasteiger charge is -2.15. The number of nitrogens with one attached hydrogen (secondary N) is 1. The first-order chi connectivity index (χ1) is 8.99. The number of hydrogen-bond acceptors (Lipinski definition) is 1. The molecule has 19 heavy (non-hydrogen) atoms. The Bertz CT molecular complexity index is 475. The second kappa shape index (κ2) is 6.18. The van der Waals surface area contributed by atoms with Gasteiger partial charge in [0.15, 0.2) is 0 Å². The number of alkyl halides is 1. The van der Waals surface area contributed by atoms with E-state index in [1.807, 2.05) is 0 Å². The fourth-order valence-corrected chi connectivity index (χ4v) is 3.06. The molecule has 1 N–H and O–H groups in total. The lowest BCUT2D eigenvalue weighted by Crippen LogP contribution is -2.32. The van der Waals surface area contributed by atoms with Crippen LogP contribution in [-0.4, -0.2) is 17.8 Å². The Balaban J connectivity index is 2.04. The predicted molar refractivity (Wildman–Crippen MR) is 73.4 cm³/mol. The van der Waals surface area contributed by atoms with Gasteiger partial charge >= 0.3 is 0 Å². The maximum atomic E-state index is 13.6. The van der Waals surface area contributed by atoms with E-state index in [-0.39, 0.29) is 15.8 Å². The second-order valence-electron chi connectivity index (χ2n) is 4.66. The van der Waals surface area contributed by atoms with Crippen LogP contribution in [0.1, 0.15) is 29.6 Å². The van der Waals surface area contributed by atoms with Crippen molar-refractivity contribution >= 4 is 33.4 Å². The van der Waals surface area contributed by atoms with Crippen LogP contribution in [-0.2, 0) is 0 Å². The number of benzene rings is 1. The smallest absolute Gasteiger partial charge is 0.257 e. The van der Waals surface area contributed by atoms with Gasteiger partial charge in [-0.3, -0.25) is 4.79 Å². The monoisotopic (exact) mass is 351 g/mol. The molecule has 0 aromatic heterocycles. The lowest BCUT2D eigenvalue weighted by molar-refractivity contribution is 0.0939. The van der Waals surface area contributed by atoms with Crippen molar-refractivity contribution in [2.75, 3.05) is 6.54 Å². The van der Waals surface area contributed by atoms with Crippen molar-refractivity contribution in [3.63, 3.8) is 0 Å². The van der Waals surface area contributed by atoms with Gasteiger partial charge < -0.3 is 5.32 Å². The van der Waals surface area contributed by atoms with Gasteiger partial charge in [-0.15, -0.1) is 11.6 Å². The van der Waals surface area contributed by atoms with Gasteiger partial charge in [0.1, 0.15) is 17.2 Å². The molecule has 2 atom stereocenters. The molecular formula is C13H13BrClF2NO. The molecule has 1 aromatic carbocycles. The molecule has 2 rings (SSSR count). The zero-order valence-electron chi connectivity index (χ0n) is 10.1. The summed E-state index contributed by atoms with van der Waals surface area (Å²) in [6, 6.07) is 2.13. The van der Waals surface area contributed by atoms with Crippen LogP contribution in [0.25, 0.3) is 0 Å². The number of amides is 1. The third-order valence-electron chi connectivity index (χ3n) is 3.33. The number of halogens is 4. The molecule has 6 heteroatoms. The summed E-state index contributed by atoms with van der Waals surface area (Å²) >= 11 is 9.05. The quantitative estimate of drug-likeness (QED) is 0.822. The van der Waals surface area contributed by atoms with Gasteiger partial charge in [0, 0.05) is 16.4 Å². The molecule has 104 valence electrons. The van der Waals surface area contributed by atoms with Gasteiger partial charge in [0.05, 0.1) is 0 Å². The van der Waals surface area contributed by atoms with E-state index in [4.69, 9.17) is 11.6 Å². The molecule has 2 nitrogen and oxygen atoms in total. The topological polar surface area (TPSA) is 29.1 Å². The highest BCUT2D eigenvalue weighted by atomic mass is 79.9. The van der Waals surface area contributed by atoms with Crippen molar-refractivity contribution in [3.8, 4) is 0 Å². The standard InChI is InChI=1S/C13H13BrClF2NO/c14-8-4-10(16)12(11(17)5-8)13(19)18-6-7-2-1-3-9(7)15/h4-5,7,9H,1-3,6H2,(H,18,19). The van der Waals surface area contributed by atoms with E-state index in [0.717, 1.165) is 31.4 Å². The Morgan fingerprint density at radius 3 is 2.53 bits per heavy atom. The Labute approximate surface area is 123 Å². The Morgan fingerprint density at radius 2 is 2.00 bits per heavy atom. The molecular weight excluding hydrogens is 340 g/mol. The van der Waals surface area contributed by atoms with Crippen LogP contribution in [0.4, 0.5) is 8.78 Å². The zero-order chi connectivity index (χ0) is 14.0. The Morgan fingerprint density at radius 1 is 1.37 bits per heavy atom. The summed E-state index contributed by atoms with van der Waals surface area (Å²) in [7, 11) is 0. The number of carbonyl (C=O) groups is 1. The van der Waals surface area contributed by atoms with Crippen molar-refractivity contribution in [1.29, 1.82) is 0 Å². The van der Waals surface area contributed by atoms with E-state index in [0.29, 0.717) is 6.54 Å². The molecule has 0 spiro atoms. The molecule has 0 radical (unpaired) electrons. The number of carbonyl (C=O) groups excluding carboxylic acids is 1.